The maximum atomic E-state index is 12.6. The molecule has 0 aromatic rings. The molecule has 0 heterocycles. The van der Waals surface area contributed by atoms with Crippen molar-refractivity contribution in [3.8, 4) is 0 Å². The van der Waals surface area contributed by atoms with Crippen molar-refractivity contribution in [2.75, 3.05) is 14.2 Å². The number of rotatable bonds is 9. The van der Waals surface area contributed by atoms with Gasteiger partial charge in [0.15, 0.2) is 0 Å². The van der Waals surface area contributed by atoms with Gasteiger partial charge in [0, 0.05) is 18.9 Å². The highest BCUT2D eigenvalue weighted by Gasteiger charge is 2.63. The zero-order chi connectivity index (χ0) is 28.5. The van der Waals surface area contributed by atoms with Crippen LogP contribution in [0.2, 0.25) is 0 Å². The van der Waals surface area contributed by atoms with E-state index in [1.54, 1.807) is 0 Å². The van der Waals surface area contributed by atoms with Gasteiger partial charge >= 0.3 is 11.9 Å². The van der Waals surface area contributed by atoms with Gasteiger partial charge in [-0.05, 0) is 111 Å². The predicted molar refractivity (Wildman–Crippen MR) is 148 cm³/mol. The van der Waals surface area contributed by atoms with Crippen LogP contribution in [0, 0.1) is 46.3 Å². The molecule has 8 heteroatoms. The minimum Gasteiger partial charge on any atom is -0.469 e. The second-order valence-electron chi connectivity index (χ2n) is 13.8. The summed E-state index contributed by atoms with van der Waals surface area (Å²) in [6.07, 6.45) is 10.1. The first-order valence-electron chi connectivity index (χ1n) is 15.3. The number of ether oxygens (including phenoxy) is 2. The summed E-state index contributed by atoms with van der Waals surface area (Å²) in [5.74, 6) is 2.39. The van der Waals surface area contributed by atoms with Gasteiger partial charge in [-0.15, -0.1) is 0 Å². The Hall–Kier alpha value is -1.67. The van der Waals surface area contributed by atoms with Gasteiger partial charge in [-0.2, -0.15) is 0 Å². The number of nitrogens with one attached hydrogen (secondary N) is 1. The van der Waals surface area contributed by atoms with Gasteiger partial charge in [-0.1, -0.05) is 20.8 Å². The van der Waals surface area contributed by atoms with Crippen LogP contribution in [0.25, 0.3) is 0 Å². The largest absolute Gasteiger partial charge is 0.469 e. The summed E-state index contributed by atoms with van der Waals surface area (Å²) in [7, 11) is 2.76. The molecule has 4 fully saturated rings. The number of hydrogen-bond acceptors (Lipinski definition) is 7. The molecule has 4 rings (SSSR count). The molecule has 0 aromatic carbocycles. The molecule has 8 nitrogen and oxygen atoms in total. The van der Waals surface area contributed by atoms with E-state index in [-0.39, 0.29) is 47.7 Å². The van der Waals surface area contributed by atoms with Crippen molar-refractivity contribution in [3.05, 3.63) is 0 Å². The number of carbonyl (C=O) groups is 3. The summed E-state index contributed by atoms with van der Waals surface area (Å²) in [5.41, 5.74) is 5.90. The molecule has 0 aliphatic heterocycles. The van der Waals surface area contributed by atoms with E-state index in [2.05, 4.69) is 30.8 Å². The lowest BCUT2D eigenvalue weighted by Gasteiger charge is -2.62. The second kappa shape index (κ2) is 12.1. The third-order valence-electron chi connectivity index (χ3n) is 12.1. The van der Waals surface area contributed by atoms with Crippen LogP contribution in [-0.2, 0) is 23.9 Å². The smallest absolute Gasteiger partial charge is 0.322 e. The number of methoxy groups -OCH3 is 2. The number of fused-ring (bicyclic) bond motifs is 5. The molecule has 39 heavy (non-hydrogen) atoms. The zero-order valence-corrected chi connectivity index (χ0v) is 24.7. The Morgan fingerprint density at radius 2 is 1.72 bits per heavy atom. The fourth-order valence-corrected chi connectivity index (χ4v) is 9.82. The van der Waals surface area contributed by atoms with Crippen molar-refractivity contribution in [3.63, 3.8) is 0 Å². The molecule has 1 amide bonds. The molecule has 4 aliphatic carbocycles. The normalized spacial score (nSPS) is 40.8. The highest BCUT2D eigenvalue weighted by molar-refractivity contribution is 5.79. The maximum absolute atomic E-state index is 12.6. The van der Waals surface area contributed by atoms with Crippen molar-refractivity contribution in [1.82, 2.24) is 5.32 Å². The fraction of sp³-hybridized carbons (Fsp3) is 0.903. The Bertz CT molecular complexity index is 912. The van der Waals surface area contributed by atoms with Crippen LogP contribution in [0.4, 0.5) is 0 Å². The standard InChI is InChI=1S/C31H52N2O6/c1-18(6-13-28(36)38-4)22-9-10-23-21-8-7-19-16-20(33-27(35)12-11-25(32)29(37)39-5)14-15-30(19,2)24(21)17-26(34)31(22,23)3/h18-26,34H,6-17,32H2,1-5H3,(H,33,35)/t18?,19-,20+,21?,22-,23?,24?,25+,26+,30+,31-/m1/s1. The summed E-state index contributed by atoms with van der Waals surface area (Å²) < 4.78 is 9.54. The molecule has 4 unspecified atom stereocenters. The summed E-state index contributed by atoms with van der Waals surface area (Å²) in [4.78, 5) is 35.9. The van der Waals surface area contributed by atoms with E-state index in [0.29, 0.717) is 41.9 Å². The van der Waals surface area contributed by atoms with Gasteiger partial charge < -0.3 is 25.6 Å². The first-order chi connectivity index (χ1) is 18.4. The summed E-state index contributed by atoms with van der Waals surface area (Å²) >= 11 is 0. The van der Waals surface area contributed by atoms with E-state index in [0.717, 1.165) is 38.5 Å². The Kier molecular flexibility index (Phi) is 9.36. The maximum Gasteiger partial charge on any atom is 0.322 e. The van der Waals surface area contributed by atoms with Crippen LogP contribution >= 0.6 is 0 Å². The van der Waals surface area contributed by atoms with E-state index < -0.39 is 12.0 Å². The minimum absolute atomic E-state index is 0.0428. The number of amides is 1. The lowest BCUT2D eigenvalue weighted by Crippen LogP contribution is -2.59. The molecule has 4 N–H and O–H groups in total. The highest BCUT2D eigenvalue weighted by atomic mass is 16.5. The van der Waals surface area contributed by atoms with Gasteiger partial charge in [-0.3, -0.25) is 14.4 Å². The first-order valence-corrected chi connectivity index (χ1v) is 15.3. The molecule has 4 aliphatic rings. The van der Waals surface area contributed by atoms with Crippen LogP contribution in [0.3, 0.4) is 0 Å². The molecular formula is C31H52N2O6. The minimum atomic E-state index is -0.764. The highest BCUT2D eigenvalue weighted by Crippen LogP contribution is 2.68. The molecule has 0 bridgehead atoms. The third kappa shape index (κ3) is 5.74. The first kappa shape index (κ1) is 30.3. The van der Waals surface area contributed by atoms with Gasteiger partial charge in [0.1, 0.15) is 6.04 Å². The quantitative estimate of drug-likeness (QED) is 0.372. The Morgan fingerprint density at radius 1 is 0.974 bits per heavy atom. The van der Waals surface area contributed by atoms with Crippen LogP contribution in [0.15, 0.2) is 0 Å². The van der Waals surface area contributed by atoms with Crippen molar-refractivity contribution >= 4 is 17.8 Å². The van der Waals surface area contributed by atoms with E-state index in [1.807, 2.05) is 0 Å². The number of hydrogen-bond donors (Lipinski definition) is 3. The zero-order valence-electron chi connectivity index (χ0n) is 24.7. The predicted octanol–water partition coefficient (Wildman–Crippen LogP) is 3.97. The number of esters is 2. The lowest BCUT2D eigenvalue weighted by molar-refractivity contribution is -0.170. The SMILES string of the molecule is COC(=O)CCC(C)[C@H]1CCC2C3CC[C@@H]4C[C@@H](NC(=O)CC[C@H](N)C(=O)OC)CC[C@]4(C)C3C[C@H](O)[C@@]21C. The van der Waals surface area contributed by atoms with Gasteiger partial charge in [0.05, 0.1) is 20.3 Å². The molecule has 11 atom stereocenters. The van der Waals surface area contributed by atoms with Crippen LogP contribution < -0.4 is 11.1 Å². The Morgan fingerprint density at radius 3 is 2.41 bits per heavy atom. The monoisotopic (exact) mass is 548 g/mol. The summed E-state index contributed by atoms with van der Waals surface area (Å²) in [6.45, 7) is 7.07. The topological polar surface area (TPSA) is 128 Å². The molecule has 0 spiro atoms. The van der Waals surface area contributed by atoms with E-state index in [1.165, 1.54) is 33.5 Å². The second-order valence-corrected chi connectivity index (χ2v) is 13.8. The Balaban J connectivity index is 1.37. The van der Waals surface area contributed by atoms with Gasteiger partial charge in [0.2, 0.25) is 5.91 Å². The van der Waals surface area contributed by atoms with Crippen molar-refractivity contribution in [1.29, 1.82) is 0 Å². The molecular weight excluding hydrogens is 496 g/mol. The molecule has 0 saturated heterocycles. The van der Waals surface area contributed by atoms with Gasteiger partial charge in [0.25, 0.3) is 0 Å². The Labute approximate surface area is 234 Å². The van der Waals surface area contributed by atoms with Crippen molar-refractivity contribution in [2.45, 2.75) is 116 Å². The van der Waals surface area contributed by atoms with Crippen LogP contribution in [0.1, 0.15) is 97.8 Å². The number of carbonyl (C=O) groups excluding carboxylic acids is 3. The molecule has 4 saturated carbocycles. The van der Waals surface area contributed by atoms with E-state index in [9.17, 15) is 19.5 Å². The van der Waals surface area contributed by atoms with Gasteiger partial charge in [-0.25, -0.2) is 0 Å². The van der Waals surface area contributed by atoms with Crippen LogP contribution in [-0.4, -0.2) is 55.4 Å². The average molecular weight is 549 g/mol. The lowest BCUT2D eigenvalue weighted by atomic mass is 9.43. The fourth-order valence-electron chi connectivity index (χ4n) is 9.82. The molecule has 0 aromatic heterocycles. The number of nitrogens with two attached hydrogens (primary N) is 1. The summed E-state index contributed by atoms with van der Waals surface area (Å²) in [5, 5.41) is 15.0. The molecule has 0 radical (unpaired) electrons. The third-order valence-corrected chi connectivity index (χ3v) is 12.1. The number of aliphatic hydroxyl groups is 1. The molecule has 222 valence electrons. The number of aliphatic hydroxyl groups excluding tert-OH is 1. The van der Waals surface area contributed by atoms with Crippen molar-refractivity contribution < 1.29 is 29.0 Å². The van der Waals surface area contributed by atoms with E-state index in [4.69, 9.17) is 10.5 Å². The van der Waals surface area contributed by atoms with Crippen molar-refractivity contribution in [2.24, 2.45) is 52.1 Å². The van der Waals surface area contributed by atoms with E-state index >= 15 is 0 Å². The summed E-state index contributed by atoms with van der Waals surface area (Å²) in [6, 6.07) is -0.605. The van der Waals surface area contributed by atoms with Crippen LogP contribution in [0.5, 0.6) is 0 Å². The average Bonchev–Trinajstić information content (AvgIpc) is 3.29.